The quantitative estimate of drug-likeness (QED) is 0.673. The summed E-state index contributed by atoms with van der Waals surface area (Å²) >= 11 is 0. The third-order valence-corrected chi connectivity index (χ3v) is 1.60. The SMILES string of the molecule is O=[Si](O)OCc1ccccc1. The Hall–Kier alpha value is -1.16. The summed E-state index contributed by atoms with van der Waals surface area (Å²) in [6.07, 6.45) is 0. The molecule has 0 saturated carbocycles. The van der Waals surface area contributed by atoms with Crippen molar-refractivity contribution in [3.05, 3.63) is 35.9 Å². The lowest BCUT2D eigenvalue weighted by Gasteiger charge is -1.98. The molecule has 58 valence electrons. The molecule has 1 aromatic rings. The zero-order valence-corrected chi connectivity index (χ0v) is 6.86. The largest absolute Gasteiger partial charge is 0.764 e. The van der Waals surface area contributed by atoms with Crippen molar-refractivity contribution in [2.24, 2.45) is 0 Å². The van der Waals surface area contributed by atoms with E-state index in [2.05, 4.69) is 4.43 Å². The van der Waals surface area contributed by atoms with Crippen molar-refractivity contribution in [3.63, 3.8) is 0 Å². The van der Waals surface area contributed by atoms with Crippen LogP contribution in [0.2, 0.25) is 0 Å². The molecule has 0 heterocycles. The standard InChI is InChI=1S/C7H8O3Si/c8-11(9)10-6-7-4-2-1-3-5-7/h1-5,8H,6H2. The monoisotopic (exact) mass is 168 g/mol. The van der Waals surface area contributed by atoms with Crippen LogP contribution in [0.25, 0.3) is 0 Å². The van der Waals surface area contributed by atoms with E-state index in [0.717, 1.165) is 5.56 Å². The normalized spacial score (nSPS) is 9.09. The van der Waals surface area contributed by atoms with Crippen molar-refractivity contribution in [2.75, 3.05) is 0 Å². The summed E-state index contributed by atoms with van der Waals surface area (Å²) in [5.74, 6) is 0. The smallest absolute Gasteiger partial charge is 0.511 e. The Morgan fingerprint density at radius 3 is 2.55 bits per heavy atom. The zero-order chi connectivity index (χ0) is 8.10. The van der Waals surface area contributed by atoms with Gasteiger partial charge in [0.1, 0.15) is 6.61 Å². The molecular weight excluding hydrogens is 160 g/mol. The molecule has 0 fully saturated rings. The second kappa shape index (κ2) is 3.87. The second-order valence-corrected chi connectivity index (χ2v) is 2.86. The minimum absolute atomic E-state index is 0.204. The molecule has 11 heavy (non-hydrogen) atoms. The fourth-order valence-electron chi connectivity index (χ4n) is 0.719. The van der Waals surface area contributed by atoms with Gasteiger partial charge in [-0.3, -0.25) is 4.46 Å². The molecule has 0 aliphatic rings. The van der Waals surface area contributed by atoms with E-state index >= 15 is 0 Å². The third kappa shape index (κ3) is 2.95. The van der Waals surface area contributed by atoms with E-state index in [4.69, 9.17) is 4.80 Å². The van der Waals surface area contributed by atoms with Crippen LogP contribution in [0.4, 0.5) is 0 Å². The molecule has 1 rings (SSSR count). The Balaban J connectivity index is 2.45. The van der Waals surface area contributed by atoms with Crippen LogP contribution in [0, 0.1) is 0 Å². The molecule has 0 amide bonds. The van der Waals surface area contributed by atoms with Crippen molar-refractivity contribution < 1.29 is 13.7 Å². The maximum atomic E-state index is 10.1. The fourth-order valence-corrected chi connectivity index (χ4v) is 1.01. The molecule has 0 atom stereocenters. The van der Waals surface area contributed by atoms with Crippen molar-refractivity contribution in [1.82, 2.24) is 0 Å². The summed E-state index contributed by atoms with van der Waals surface area (Å²) in [6.45, 7) is 0.204. The molecule has 3 nitrogen and oxygen atoms in total. The van der Waals surface area contributed by atoms with Gasteiger partial charge in [0.05, 0.1) is 0 Å². The van der Waals surface area contributed by atoms with Gasteiger partial charge in [-0.05, 0) is 5.56 Å². The molecule has 0 radical (unpaired) electrons. The molecule has 4 heteroatoms. The van der Waals surface area contributed by atoms with Gasteiger partial charge in [0.15, 0.2) is 0 Å². The number of benzene rings is 1. The van der Waals surface area contributed by atoms with E-state index in [-0.39, 0.29) is 6.61 Å². The highest BCUT2D eigenvalue weighted by Gasteiger charge is 2.02. The highest BCUT2D eigenvalue weighted by molar-refractivity contribution is 6.24. The molecule has 0 aliphatic carbocycles. The Labute approximate surface area is 66.2 Å². The van der Waals surface area contributed by atoms with Gasteiger partial charge < -0.3 is 9.22 Å². The van der Waals surface area contributed by atoms with Gasteiger partial charge in [0, 0.05) is 0 Å². The number of hydrogen-bond acceptors (Lipinski definition) is 2. The van der Waals surface area contributed by atoms with Crippen molar-refractivity contribution in [3.8, 4) is 0 Å². The van der Waals surface area contributed by atoms with Crippen LogP contribution in [-0.4, -0.2) is 14.0 Å². The van der Waals surface area contributed by atoms with Crippen LogP contribution in [0.3, 0.4) is 0 Å². The molecule has 0 spiro atoms. The van der Waals surface area contributed by atoms with E-state index in [9.17, 15) is 4.46 Å². The lowest BCUT2D eigenvalue weighted by Crippen LogP contribution is -2.04. The number of rotatable bonds is 3. The van der Waals surface area contributed by atoms with Crippen molar-refractivity contribution in [2.45, 2.75) is 6.61 Å². The minimum atomic E-state index is -2.78. The highest BCUT2D eigenvalue weighted by Crippen LogP contribution is 1.99. The van der Waals surface area contributed by atoms with Crippen molar-refractivity contribution in [1.29, 1.82) is 0 Å². The van der Waals surface area contributed by atoms with Gasteiger partial charge in [0.25, 0.3) is 0 Å². The Morgan fingerprint density at radius 2 is 2.00 bits per heavy atom. The first kappa shape index (κ1) is 7.94. The molecule has 0 aromatic heterocycles. The third-order valence-electron chi connectivity index (χ3n) is 1.21. The lowest BCUT2D eigenvalue weighted by atomic mass is 10.2. The molecular formula is C7H8O3Si. The van der Waals surface area contributed by atoms with Gasteiger partial charge >= 0.3 is 9.17 Å². The van der Waals surface area contributed by atoms with E-state index in [1.807, 2.05) is 30.3 Å². The second-order valence-electron chi connectivity index (χ2n) is 2.04. The van der Waals surface area contributed by atoms with Crippen LogP contribution in [0.15, 0.2) is 30.3 Å². The average Bonchev–Trinajstić information content (AvgIpc) is 2.03. The van der Waals surface area contributed by atoms with Gasteiger partial charge in [-0.2, -0.15) is 0 Å². The Bertz CT molecular complexity index is 235. The van der Waals surface area contributed by atoms with Crippen LogP contribution in [0.1, 0.15) is 5.56 Å². The van der Waals surface area contributed by atoms with E-state index in [1.165, 1.54) is 0 Å². The summed E-state index contributed by atoms with van der Waals surface area (Å²) in [4.78, 5) is 8.34. The molecule has 0 saturated heterocycles. The summed E-state index contributed by atoms with van der Waals surface area (Å²) in [6, 6.07) is 9.27. The Morgan fingerprint density at radius 1 is 1.36 bits per heavy atom. The summed E-state index contributed by atoms with van der Waals surface area (Å²) < 4.78 is 14.7. The molecule has 0 bridgehead atoms. The molecule has 1 N–H and O–H groups in total. The maximum Gasteiger partial charge on any atom is 0.764 e. The first-order valence-electron chi connectivity index (χ1n) is 3.18. The predicted molar refractivity (Wildman–Crippen MR) is 39.9 cm³/mol. The fraction of sp³-hybridized carbons (Fsp3) is 0.143. The van der Waals surface area contributed by atoms with Crippen LogP contribution >= 0.6 is 0 Å². The molecule has 0 aliphatic heterocycles. The van der Waals surface area contributed by atoms with Gasteiger partial charge in [-0.15, -0.1) is 0 Å². The highest BCUT2D eigenvalue weighted by atomic mass is 28.3. The predicted octanol–water partition coefficient (Wildman–Crippen LogP) is 0.611. The first-order valence-corrected chi connectivity index (χ1v) is 4.45. The summed E-state index contributed by atoms with van der Waals surface area (Å²) in [5, 5.41) is 0. The summed E-state index contributed by atoms with van der Waals surface area (Å²) in [5.41, 5.74) is 0.903. The average molecular weight is 168 g/mol. The van der Waals surface area contributed by atoms with Crippen LogP contribution in [-0.2, 0) is 15.5 Å². The van der Waals surface area contributed by atoms with Gasteiger partial charge in [0.2, 0.25) is 0 Å². The van der Waals surface area contributed by atoms with E-state index < -0.39 is 9.17 Å². The van der Waals surface area contributed by atoms with E-state index in [0.29, 0.717) is 0 Å². The van der Waals surface area contributed by atoms with E-state index in [1.54, 1.807) is 0 Å². The molecule has 0 unspecified atom stereocenters. The summed E-state index contributed by atoms with van der Waals surface area (Å²) in [7, 11) is -2.78. The first-order chi connectivity index (χ1) is 5.29. The minimum Gasteiger partial charge on any atom is -0.511 e. The molecule has 1 aromatic carbocycles. The lowest BCUT2D eigenvalue weighted by molar-refractivity contribution is 0.215. The number of hydrogen-bond donors (Lipinski definition) is 1. The van der Waals surface area contributed by atoms with Crippen LogP contribution in [0.5, 0.6) is 0 Å². The van der Waals surface area contributed by atoms with Gasteiger partial charge in [-0.25, -0.2) is 0 Å². The van der Waals surface area contributed by atoms with Gasteiger partial charge in [-0.1, -0.05) is 30.3 Å². The maximum absolute atomic E-state index is 10.1. The Kier molecular flexibility index (Phi) is 2.80. The topological polar surface area (TPSA) is 46.5 Å². The van der Waals surface area contributed by atoms with Crippen LogP contribution < -0.4 is 0 Å². The van der Waals surface area contributed by atoms with Crippen molar-refractivity contribution >= 4 is 9.17 Å². The zero-order valence-electron chi connectivity index (χ0n) is 5.86.